The third-order valence-electron chi connectivity index (χ3n) is 8.45. The number of aromatic nitrogens is 1. The van der Waals surface area contributed by atoms with Gasteiger partial charge in [0.15, 0.2) is 0 Å². The summed E-state index contributed by atoms with van der Waals surface area (Å²) < 4.78 is 21.7. The molecule has 1 atom stereocenters. The summed E-state index contributed by atoms with van der Waals surface area (Å²) in [6, 6.07) is 29.3. The Kier molecular flexibility index (Phi) is 8.04. The Hall–Kier alpha value is -4.45. The number of nitrogens with zero attached hydrogens (tertiary/aromatic N) is 2. The summed E-state index contributed by atoms with van der Waals surface area (Å²) >= 11 is 0. The number of hydrogen-bond acceptors (Lipinski definition) is 3. The third kappa shape index (κ3) is 5.67. The van der Waals surface area contributed by atoms with E-state index in [1.165, 1.54) is 6.07 Å². The molecule has 0 aliphatic heterocycles. The van der Waals surface area contributed by atoms with Crippen LogP contribution in [0.5, 0.6) is 0 Å². The zero-order chi connectivity index (χ0) is 29.1. The van der Waals surface area contributed by atoms with E-state index in [1.54, 1.807) is 19.1 Å². The van der Waals surface area contributed by atoms with E-state index in [2.05, 4.69) is 42.5 Å². The van der Waals surface area contributed by atoms with E-state index in [9.17, 15) is 14.0 Å². The lowest BCUT2D eigenvalue weighted by molar-refractivity contribution is -0.143. The quantitative estimate of drug-likeness (QED) is 0.182. The molecular weight excluding hydrogens is 527 g/mol. The predicted molar refractivity (Wildman–Crippen MR) is 164 cm³/mol. The Labute approximate surface area is 245 Å². The molecule has 6 heteroatoms. The maximum Gasteiger partial charge on any atom is 0.325 e. The van der Waals surface area contributed by atoms with Crippen LogP contribution in [0.1, 0.15) is 42.1 Å². The van der Waals surface area contributed by atoms with Crippen molar-refractivity contribution < 1.29 is 18.7 Å². The monoisotopic (exact) mass is 562 g/mol. The number of rotatable bonds is 9. The average molecular weight is 563 g/mol. The summed E-state index contributed by atoms with van der Waals surface area (Å²) in [7, 11) is 0. The number of ether oxygens (including phenoxy) is 1. The Bertz CT molecular complexity index is 1740. The third-order valence-corrected chi connectivity index (χ3v) is 8.45. The number of hydrogen-bond donors (Lipinski definition) is 0. The minimum Gasteiger partial charge on any atom is -0.465 e. The van der Waals surface area contributed by atoms with Crippen molar-refractivity contribution in [1.82, 2.24) is 9.47 Å². The molecule has 0 N–H and O–H groups in total. The molecule has 5 aromatic rings. The van der Waals surface area contributed by atoms with Crippen molar-refractivity contribution in [2.45, 2.75) is 58.2 Å². The van der Waals surface area contributed by atoms with Crippen molar-refractivity contribution >= 4 is 33.6 Å². The highest BCUT2D eigenvalue weighted by Crippen LogP contribution is 2.35. The van der Waals surface area contributed by atoms with Crippen LogP contribution in [-0.2, 0) is 46.7 Å². The van der Waals surface area contributed by atoms with Gasteiger partial charge in [-0.1, -0.05) is 72.8 Å². The van der Waals surface area contributed by atoms with Crippen LogP contribution in [0.3, 0.4) is 0 Å². The first-order valence-electron chi connectivity index (χ1n) is 14.8. The summed E-state index contributed by atoms with van der Waals surface area (Å²) in [6.45, 7) is 2.70. The fourth-order valence-corrected chi connectivity index (χ4v) is 6.46. The second-order valence-corrected chi connectivity index (χ2v) is 11.0. The minimum absolute atomic E-state index is 0.0512. The number of halogens is 1. The van der Waals surface area contributed by atoms with Gasteiger partial charge in [0, 0.05) is 35.6 Å². The zero-order valence-electron chi connectivity index (χ0n) is 23.9. The molecular formula is C36H35FN2O3. The fraction of sp³-hybridized carbons (Fsp3) is 0.278. The van der Waals surface area contributed by atoms with Gasteiger partial charge in [0.05, 0.1) is 6.61 Å². The molecule has 0 unspecified atom stereocenters. The number of aryl methyl sites for hydroxylation is 1. The van der Waals surface area contributed by atoms with Gasteiger partial charge in [0.2, 0.25) is 5.91 Å². The standard InChI is InChI=1S/C36H35FN2O3/c1-2-42-36(41)24-39-33-18-16-28(37)21-31(33)32-22-29(17-19-34(32)39)38(35(40)20-15-25-9-4-3-5-10-25)23-27-13-8-12-26-11-6-7-14-30(26)27/h3-14,16,18,21,29H,2,15,17,19-20,22-24H2,1H3/t29-/m0/s1. The smallest absolute Gasteiger partial charge is 0.325 e. The van der Waals surface area contributed by atoms with Gasteiger partial charge in [-0.05, 0) is 78.3 Å². The van der Waals surface area contributed by atoms with E-state index >= 15 is 0 Å². The van der Waals surface area contributed by atoms with Crippen molar-refractivity contribution in [2.75, 3.05) is 6.61 Å². The Morgan fingerprint density at radius 3 is 2.57 bits per heavy atom. The van der Waals surface area contributed by atoms with Crippen LogP contribution in [0, 0.1) is 5.82 Å². The minimum atomic E-state index is -0.313. The van der Waals surface area contributed by atoms with Gasteiger partial charge >= 0.3 is 5.97 Å². The van der Waals surface area contributed by atoms with Gasteiger partial charge in [-0.3, -0.25) is 9.59 Å². The van der Waals surface area contributed by atoms with E-state index in [0.29, 0.717) is 38.8 Å². The highest BCUT2D eigenvalue weighted by molar-refractivity contribution is 5.88. The van der Waals surface area contributed by atoms with Crippen LogP contribution in [0.25, 0.3) is 21.7 Å². The molecule has 0 fully saturated rings. The van der Waals surface area contributed by atoms with E-state index in [0.717, 1.165) is 50.5 Å². The summed E-state index contributed by atoms with van der Waals surface area (Å²) in [4.78, 5) is 28.5. The second kappa shape index (κ2) is 12.2. The number of carbonyl (C=O) groups is 2. The highest BCUT2D eigenvalue weighted by atomic mass is 19.1. The van der Waals surface area contributed by atoms with E-state index in [4.69, 9.17) is 4.74 Å². The molecule has 1 aromatic heterocycles. The Morgan fingerprint density at radius 1 is 0.952 bits per heavy atom. The first kappa shape index (κ1) is 27.7. The lowest BCUT2D eigenvalue weighted by atomic mass is 9.89. The Balaban J connectivity index is 1.35. The summed E-state index contributed by atoms with van der Waals surface area (Å²) in [6.07, 6.45) is 3.14. The molecule has 4 aromatic carbocycles. The summed E-state index contributed by atoms with van der Waals surface area (Å²) in [5, 5.41) is 3.10. The summed E-state index contributed by atoms with van der Waals surface area (Å²) in [5.74, 6) is -0.508. The van der Waals surface area contributed by atoms with Crippen molar-refractivity contribution in [1.29, 1.82) is 0 Å². The molecule has 0 radical (unpaired) electrons. The maximum absolute atomic E-state index is 14.5. The van der Waals surface area contributed by atoms with Crippen LogP contribution >= 0.6 is 0 Å². The van der Waals surface area contributed by atoms with E-state index in [1.807, 2.05) is 39.8 Å². The van der Waals surface area contributed by atoms with Crippen molar-refractivity contribution in [3.8, 4) is 0 Å². The number of benzene rings is 4. The largest absolute Gasteiger partial charge is 0.465 e. The molecule has 6 rings (SSSR count). The molecule has 5 nitrogen and oxygen atoms in total. The molecule has 1 amide bonds. The molecule has 0 bridgehead atoms. The molecule has 0 saturated heterocycles. The van der Waals surface area contributed by atoms with Gasteiger partial charge < -0.3 is 14.2 Å². The highest BCUT2D eigenvalue weighted by Gasteiger charge is 2.32. The average Bonchev–Trinajstić information content (AvgIpc) is 3.30. The van der Waals surface area contributed by atoms with E-state index in [-0.39, 0.29) is 30.3 Å². The molecule has 0 spiro atoms. The Morgan fingerprint density at radius 2 is 1.74 bits per heavy atom. The van der Waals surface area contributed by atoms with Crippen LogP contribution < -0.4 is 0 Å². The van der Waals surface area contributed by atoms with Gasteiger partial charge in [-0.15, -0.1) is 0 Å². The van der Waals surface area contributed by atoms with Gasteiger partial charge in [0.25, 0.3) is 0 Å². The maximum atomic E-state index is 14.5. The van der Waals surface area contributed by atoms with Crippen molar-refractivity contribution in [3.05, 3.63) is 119 Å². The number of esters is 1. The normalized spacial score (nSPS) is 14.6. The van der Waals surface area contributed by atoms with Crippen molar-refractivity contribution in [3.63, 3.8) is 0 Å². The first-order valence-corrected chi connectivity index (χ1v) is 14.8. The molecule has 1 aliphatic rings. The molecule has 214 valence electrons. The van der Waals surface area contributed by atoms with Crippen LogP contribution in [0.15, 0.2) is 91.0 Å². The molecule has 42 heavy (non-hydrogen) atoms. The van der Waals surface area contributed by atoms with Gasteiger partial charge in [0.1, 0.15) is 12.4 Å². The summed E-state index contributed by atoms with van der Waals surface area (Å²) in [5.41, 5.74) is 5.12. The first-order chi connectivity index (χ1) is 20.5. The van der Waals surface area contributed by atoms with Crippen LogP contribution in [0.4, 0.5) is 4.39 Å². The lowest BCUT2D eigenvalue weighted by Gasteiger charge is -2.35. The lowest BCUT2D eigenvalue weighted by Crippen LogP contribution is -2.43. The van der Waals surface area contributed by atoms with Gasteiger partial charge in [-0.2, -0.15) is 0 Å². The van der Waals surface area contributed by atoms with Crippen molar-refractivity contribution in [2.24, 2.45) is 0 Å². The topological polar surface area (TPSA) is 51.5 Å². The van der Waals surface area contributed by atoms with Crippen LogP contribution in [-0.4, -0.2) is 34.0 Å². The predicted octanol–water partition coefficient (Wildman–Crippen LogP) is 7.02. The number of fused-ring (bicyclic) bond motifs is 4. The van der Waals surface area contributed by atoms with Crippen LogP contribution in [0.2, 0.25) is 0 Å². The fourth-order valence-electron chi connectivity index (χ4n) is 6.46. The SMILES string of the molecule is CCOC(=O)Cn1c2c(c3cc(F)ccc31)C[C@@H](N(Cc1cccc3ccccc13)C(=O)CCc1ccccc1)CC2. The molecule has 1 aliphatic carbocycles. The molecule has 1 heterocycles. The molecule has 0 saturated carbocycles. The number of amides is 1. The zero-order valence-corrected chi connectivity index (χ0v) is 23.9. The van der Waals surface area contributed by atoms with E-state index < -0.39 is 0 Å². The number of carbonyl (C=O) groups excluding carboxylic acids is 2. The second-order valence-electron chi connectivity index (χ2n) is 11.0. The van der Waals surface area contributed by atoms with Gasteiger partial charge in [-0.25, -0.2) is 4.39 Å².